The fraction of sp³-hybridized carbons (Fsp3) is 0.647. The molecule has 1 aliphatic rings. The highest BCUT2D eigenvalue weighted by Crippen LogP contribution is 2.22. The summed E-state index contributed by atoms with van der Waals surface area (Å²) < 4.78 is 5.31. The quantitative estimate of drug-likeness (QED) is 0.845. The smallest absolute Gasteiger partial charge is 0.0815 e. The third-order valence-corrected chi connectivity index (χ3v) is 4.47. The third kappa shape index (κ3) is 4.43. The Balaban J connectivity index is 1.89. The topological polar surface area (TPSA) is 44.7 Å². The molecule has 1 saturated heterocycles. The number of nitrogens with zero attached hydrogens (tertiary/aromatic N) is 1. The number of ether oxygens (including phenoxy) is 1. The maximum Gasteiger partial charge on any atom is 0.0815 e. The summed E-state index contributed by atoms with van der Waals surface area (Å²) in [4.78, 5) is 2.21. The average molecular weight is 292 g/mol. The van der Waals surface area contributed by atoms with Gasteiger partial charge in [-0.25, -0.2) is 0 Å². The molecule has 4 heteroatoms. The third-order valence-electron chi connectivity index (χ3n) is 4.47. The molecule has 1 aromatic rings. The van der Waals surface area contributed by atoms with Crippen molar-refractivity contribution in [1.29, 1.82) is 0 Å². The summed E-state index contributed by atoms with van der Waals surface area (Å²) in [5, 5.41) is 13.9. The molecule has 21 heavy (non-hydrogen) atoms. The fourth-order valence-electron chi connectivity index (χ4n) is 2.59. The van der Waals surface area contributed by atoms with E-state index in [1.807, 2.05) is 0 Å². The molecule has 4 nitrogen and oxygen atoms in total. The lowest BCUT2D eigenvalue weighted by atomic mass is 9.94. The zero-order valence-electron chi connectivity index (χ0n) is 13.4. The highest BCUT2D eigenvalue weighted by molar-refractivity contribution is 5.47. The number of rotatable bonds is 6. The summed E-state index contributed by atoms with van der Waals surface area (Å²) in [6, 6.07) is 8.86. The first-order valence-corrected chi connectivity index (χ1v) is 7.89. The lowest BCUT2D eigenvalue weighted by Gasteiger charge is -2.33. The van der Waals surface area contributed by atoms with Crippen molar-refractivity contribution in [2.75, 3.05) is 38.3 Å². The van der Waals surface area contributed by atoms with Crippen LogP contribution in [0.5, 0.6) is 0 Å². The SMILES string of the molecule is CCN(C)c1ccc(C(C)NCC2(O)CCOCC2)cc1. The van der Waals surface area contributed by atoms with E-state index < -0.39 is 5.60 Å². The van der Waals surface area contributed by atoms with Crippen LogP contribution in [-0.4, -0.2) is 44.1 Å². The highest BCUT2D eigenvalue weighted by atomic mass is 16.5. The van der Waals surface area contributed by atoms with E-state index in [-0.39, 0.29) is 6.04 Å². The van der Waals surface area contributed by atoms with Crippen LogP contribution in [0.4, 0.5) is 5.69 Å². The fourth-order valence-corrected chi connectivity index (χ4v) is 2.59. The molecule has 0 amide bonds. The predicted octanol–water partition coefficient (Wildman–Crippen LogP) is 2.33. The Labute approximate surface area is 128 Å². The van der Waals surface area contributed by atoms with Crippen LogP contribution in [0.1, 0.15) is 38.3 Å². The second kappa shape index (κ2) is 7.25. The molecule has 0 aliphatic carbocycles. The molecular weight excluding hydrogens is 264 g/mol. The van der Waals surface area contributed by atoms with Gasteiger partial charge in [-0.3, -0.25) is 0 Å². The van der Waals surface area contributed by atoms with E-state index in [2.05, 4.69) is 55.4 Å². The Morgan fingerprint density at radius 2 is 1.90 bits per heavy atom. The second-order valence-electron chi connectivity index (χ2n) is 6.05. The lowest BCUT2D eigenvalue weighted by molar-refractivity contribution is -0.0626. The van der Waals surface area contributed by atoms with E-state index in [1.165, 1.54) is 11.3 Å². The van der Waals surface area contributed by atoms with Gasteiger partial charge in [-0.05, 0) is 31.5 Å². The Hall–Kier alpha value is -1.10. The van der Waals surface area contributed by atoms with Gasteiger partial charge in [0, 0.05) is 57.9 Å². The molecule has 0 radical (unpaired) electrons. The number of nitrogens with one attached hydrogen (secondary N) is 1. The standard InChI is InChI=1S/C17H28N2O2/c1-4-19(3)16-7-5-15(6-8-16)14(2)18-13-17(20)9-11-21-12-10-17/h5-8,14,18,20H,4,9-13H2,1-3H3. The molecular formula is C17H28N2O2. The maximum atomic E-state index is 10.5. The van der Waals surface area contributed by atoms with E-state index in [4.69, 9.17) is 4.74 Å². The molecule has 1 heterocycles. The van der Waals surface area contributed by atoms with Crippen molar-refractivity contribution in [1.82, 2.24) is 5.32 Å². The summed E-state index contributed by atoms with van der Waals surface area (Å²) in [6.45, 7) is 7.22. The zero-order valence-corrected chi connectivity index (χ0v) is 13.4. The van der Waals surface area contributed by atoms with Crippen molar-refractivity contribution in [3.8, 4) is 0 Å². The molecule has 0 spiro atoms. The minimum atomic E-state index is -0.616. The molecule has 1 fully saturated rings. The first kappa shape index (κ1) is 16.3. The minimum absolute atomic E-state index is 0.234. The lowest BCUT2D eigenvalue weighted by Crippen LogP contribution is -2.45. The minimum Gasteiger partial charge on any atom is -0.388 e. The van der Waals surface area contributed by atoms with Gasteiger partial charge in [0.2, 0.25) is 0 Å². The normalized spacial score (nSPS) is 19.2. The van der Waals surface area contributed by atoms with Crippen molar-refractivity contribution >= 4 is 5.69 Å². The number of anilines is 1. The number of benzene rings is 1. The first-order valence-electron chi connectivity index (χ1n) is 7.89. The first-order chi connectivity index (χ1) is 10.0. The van der Waals surface area contributed by atoms with Crippen LogP contribution in [0.25, 0.3) is 0 Å². The average Bonchev–Trinajstić information content (AvgIpc) is 2.53. The molecule has 1 unspecified atom stereocenters. The van der Waals surface area contributed by atoms with Crippen molar-refractivity contribution in [2.45, 2.75) is 38.3 Å². The molecule has 1 atom stereocenters. The van der Waals surface area contributed by atoms with Gasteiger partial charge >= 0.3 is 0 Å². The summed E-state index contributed by atoms with van der Waals surface area (Å²) in [5.74, 6) is 0. The van der Waals surface area contributed by atoms with Crippen LogP contribution in [0.15, 0.2) is 24.3 Å². The van der Waals surface area contributed by atoms with Crippen LogP contribution in [0, 0.1) is 0 Å². The monoisotopic (exact) mass is 292 g/mol. The van der Waals surface area contributed by atoms with Crippen LogP contribution in [0.3, 0.4) is 0 Å². The Morgan fingerprint density at radius 1 is 1.29 bits per heavy atom. The summed E-state index contributed by atoms with van der Waals surface area (Å²) in [7, 11) is 2.09. The number of hydrogen-bond donors (Lipinski definition) is 2. The molecule has 0 bridgehead atoms. The molecule has 118 valence electrons. The van der Waals surface area contributed by atoms with Crippen LogP contribution in [-0.2, 0) is 4.74 Å². The van der Waals surface area contributed by atoms with Crippen LogP contribution in [0.2, 0.25) is 0 Å². The predicted molar refractivity (Wildman–Crippen MR) is 86.8 cm³/mol. The van der Waals surface area contributed by atoms with Crippen LogP contribution >= 0.6 is 0 Å². The van der Waals surface area contributed by atoms with E-state index in [0.29, 0.717) is 32.6 Å². The van der Waals surface area contributed by atoms with Gasteiger partial charge in [-0.2, -0.15) is 0 Å². The Kier molecular flexibility index (Phi) is 5.62. The van der Waals surface area contributed by atoms with Gasteiger partial charge in [0.15, 0.2) is 0 Å². The van der Waals surface area contributed by atoms with Gasteiger partial charge in [0.05, 0.1) is 5.60 Å². The van der Waals surface area contributed by atoms with Crippen molar-refractivity contribution in [2.24, 2.45) is 0 Å². The molecule has 1 aliphatic heterocycles. The van der Waals surface area contributed by atoms with Crippen molar-refractivity contribution in [3.05, 3.63) is 29.8 Å². The van der Waals surface area contributed by atoms with E-state index in [0.717, 1.165) is 6.54 Å². The van der Waals surface area contributed by atoms with Gasteiger partial charge < -0.3 is 20.1 Å². The van der Waals surface area contributed by atoms with Gasteiger partial charge in [-0.1, -0.05) is 12.1 Å². The molecule has 2 rings (SSSR count). The molecule has 1 aromatic carbocycles. The maximum absolute atomic E-state index is 10.5. The Bertz CT molecular complexity index is 427. The largest absolute Gasteiger partial charge is 0.388 e. The van der Waals surface area contributed by atoms with E-state index in [1.54, 1.807) is 0 Å². The molecule has 2 N–H and O–H groups in total. The van der Waals surface area contributed by atoms with Crippen LogP contribution < -0.4 is 10.2 Å². The number of aliphatic hydroxyl groups is 1. The number of hydrogen-bond acceptors (Lipinski definition) is 4. The van der Waals surface area contributed by atoms with Gasteiger partial charge in [-0.15, -0.1) is 0 Å². The van der Waals surface area contributed by atoms with Gasteiger partial charge in [0.25, 0.3) is 0 Å². The Morgan fingerprint density at radius 3 is 2.48 bits per heavy atom. The molecule has 0 aromatic heterocycles. The summed E-state index contributed by atoms with van der Waals surface area (Å²) >= 11 is 0. The van der Waals surface area contributed by atoms with Crippen molar-refractivity contribution in [3.63, 3.8) is 0 Å². The van der Waals surface area contributed by atoms with Crippen molar-refractivity contribution < 1.29 is 9.84 Å². The summed E-state index contributed by atoms with van der Waals surface area (Å²) in [5.41, 5.74) is 1.87. The van der Waals surface area contributed by atoms with E-state index in [9.17, 15) is 5.11 Å². The second-order valence-corrected chi connectivity index (χ2v) is 6.05. The highest BCUT2D eigenvalue weighted by Gasteiger charge is 2.29. The molecule has 0 saturated carbocycles. The summed E-state index contributed by atoms with van der Waals surface area (Å²) in [6.07, 6.45) is 1.43. The zero-order chi connectivity index (χ0) is 15.3. The van der Waals surface area contributed by atoms with Gasteiger partial charge in [0.1, 0.15) is 0 Å². The van der Waals surface area contributed by atoms with E-state index >= 15 is 0 Å².